The molecule has 0 aromatic carbocycles. The fraction of sp³-hybridized carbons (Fsp3) is 0.900. The van der Waals surface area contributed by atoms with E-state index >= 15 is 0 Å². The minimum atomic E-state index is 0.127. The molecule has 1 amide bonds. The molecule has 4 nitrogen and oxygen atoms in total. The van der Waals surface area contributed by atoms with Gasteiger partial charge in [-0.3, -0.25) is 4.79 Å². The molecule has 4 heteroatoms. The molecule has 0 rings (SSSR count). The maximum Gasteiger partial charge on any atom is 0.220 e. The van der Waals surface area contributed by atoms with Gasteiger partial charge >= 0.3 is 0 Å². The third-order valence-electron chi connectivity index (χ3n) is 2.23. The van der Waals surface area contributed by atoms with Crippen LogP contribution in [0.1, 0.15) is 32.6 Å². The predicted octanol–water partition coefficient (Wildman–Crippen LogP) is 0.217. The molecule has 0 aliphatic heterocycles. The average Bonchev–Trinajstić information content (AvgIpc) is 2.16. The molecule has 0 fully saturated rings. The van der Waals surface area contributed by atoms with Gasteiger partial charge in [0.2, 0.25) is 5.91 Å². The molecule has 0 saturated heterocycles. The third-order valence-corrected chi connectivity index (χ3v) is 2.23. The Hall–Kier alpha value is -0.610. The third kappa shape index (κ3) is 8.01. The highest BCUT2D eigenvalue weighted by atomic mass is 16.1. The van der Waals surface area contributed by atoms with Crippen LogP contribution in [0.3, 0.4) is 0 Å². The number of carbonyl (C=O) groups excluding carboxylic acids is 1. The van der Waals surface area contributed by atoms with E-state index in [2.05, 4.69) is 12.2 Å². The SMILES string of the molecule is CC(CCN)CCC(=O)NCCCN. The smallest absolute Gasteiger partial charge is 0.220 e. The average molecular weight is 201 g/mol. The lowest BCUT2D eigenvalue weighted by atomic mass is 10.0. The van der Waals surface area contributed by atoms with Gasteiger partial charge in [-0.1, -0.05) is 6.92 Å². The fourth-order valence-electron chi connectivity index (χ4n) is 1.22. The van der Waals surface area contributed by atoms with E-state index in [4.69, 9.17) is 11.5 Å². The van der Waals surface area contributed by atoms with E-state index in [0.717, 1.165) is 19.3 Å². The molecule has 0 aliphatic rings. The van der Waals surface area contributed by atoms with Gasteiger partial charge in [0.1, 0.15) is 0 Å². The lowest BCUT2D eigenvalue weighted by Gasteiger charge is -2.09. The first-order valence-electron chi connectivity index (χ1n) is 5.37. The van der Waals surface area contributed by atoms with Gasteiger partial charge in [-0.15, -0.1) is 0 Å². The number of rotatable bonds is 8. The summed E-state index contributed by atoms with van der Waals surface area (Å²) in [6, 6.07) is 0. The summed E-state index contributed by atoms with van der Waals surface area (Å²) in [5.74, 6) is 0.669. The van der Waals surface area contributed by atoms with Gasteiger partial charge in [0.05, 0.1) is 0 Å². The Bertz CT molecular complexity index is 150. The Morgan fingerprint density at radius 3 is 2.57 bits per heavy atom. The van der Waals surface area contributed by atoms with E-state index in [1.165, 1.54) is 0 Å². The topological polar surface area (TPSA) is 81.1 Å². The molecule has 84 valence electrons. The van der Waals surface area contributed by atoms with Gasteiger partial charge in [0.25, 0.3) is 0 Å². The van der Waals surface area contributed by atoms with E-state index < -0.39 is 0 Å². The number of nitrogens with two attached hydrogens (primary N) is 2. The first kappa shape index (κ1) is 13.4. The molecular formula is C10H23N3O. The van der Waals surface area contributed by atoms with Crippen molar-refractivity contribution in [2.24, 2.45) is 17.4 Å². The fourth-order valence-corrected chi connectivity index (χ4v) is 1.22. The highest BCUT2D eigenvalue weighted by Gasteiger charge is 2.05. The van der Waals surface area contributed by atoms with Crippen molar-refractivity contribution in [2.75, 3.05) is 19.6 Å². The number of nitrogens with one attached hydrogen (secondary N) is 1. The minimum Gasteiger partial charge on any atom is -0.356 e. The summed E-state index contributed by atoms with van der Waals surface area (Å²) in [6.45, 7) is 4.15. The number of carbonyl (C=O) groups is 1. The van der Waals surface area contributed by atoms with Crippen molar-refractivity contribution in [1.29, 1.82) is 0 Å². The molecule has 5 N–H and O–H groups in total. The van der Waals surface area contributed by atoms with Crippen molar-refractivity contribution in [3.8, 4) is 0 Å². The summed E-state index contributed by atoms with van der Waals surface area (Å²) >= 11 is 0. The largest absolute Gasteiger partial charge is 0.356 e. The molecule has 0 heterocycles. The van der Waals surface area contributed by atoms with Crippen LogP contribution in [0.2, 0.25) is 0 Å². The first-order valence-corrected chi connectivity index (χ1v) is 5.37. The number of hydrogen-bond donors (Lipinski definition) is 3. The quantitative estimate of drug-likeness (QED) is 0.491. The Morgan fingerprint density at radius 1 is 1.29 bits per heavy atom. The van der Waals surface area contributed by atoms with Gasteiger partial charge < -0.3 is 16.8 Å². The van der Waals surface area contributed by atoms with E-state index in [1.54, 1.807) is 0 Å². The number of hydrogen-bond acceptors (Lipinski definition) is 3. The molecule has 0 aromatic rings. The summed E-state index contributed by atoms with van der Waals surface area (Å²) in [5, 5.41) is 2.83. The monoisotopic (exact) mass is 201 g/mol. The van der Waals surface area contributed by atoms with Crippen LogP contribution < -0.4 is 16.8 Å². The molecular weight excluding hydrogens is 178 g/mol. The molecule has 1 unspecified atom stereocenters. The van der Waals surface area contributed by atoms with Crippen LogP contribution in [0.25, 0.3) is 0 Å². The van der Waals surface area contributed by atoms with Gasteiger partial charge in [0, 0.05) is 13.0 Å². The summed E-state index contributed by atoms with van der Waals surface area (Å²) in [4.78, 5) is 11.2. The van der Waals surface area contributed by atoms with Crippen molar-refractivity contribution >= 4 is 5.91 Å². The Kier molecular flexibility index (Phi) is 8.57. The standard InChI is InChI=1S/C10H23N3O/c1-9(5-7-12)3-4-10(14)13-8-2-6-11/h9H,2-8,11-12H2,1H3,(H,13,14). The van der Waals surface area contributed by atoms with Crippen LogP contribution in [-0.2, 0) is 4.79 Å². The number of amides is 1. The van der Waals surface area contributed by atoms with E-state index in [9.17, 15) is 4.79 Å². The van der Waals surface area contributed by atoms with E-state index in [0.29, 0.717) is 32.0 Å². The lowest BCUT2D eigenvalue weighted by Crippen LogP contribution is -2.26. The second kappa shape index (κ2) is 8.97. The predicted molar refractivity (Wildman–Crippen MR) is 58.8 cm³/mol. The molecule has 14 heavy (non-hydrogen) atoms. The van der Waals surface area contributed by atoms with Crippen LogP contribution in [0.4, 0.5) is 0 Å². The van der Waals surface area contributed by atoms with Crippen LogP contribution in [0.15, 0.2) is 0 Å². The van der Waals surface area contributed by atoms with Crippen molar-refractivity contribution in [3.63, 3.8) is 0 Å². The van der Waals surface area contributed by atoms with Crippen LogP contribution in [0, 0.1) is 5.92 Å². The Labute approximate surface area is 86.4 Å². The molecule has 0 radical (unpaired) electrons. The Balaban J connectivity index is 3.34. The van der Waals surface area contributed by atoms with Crippen molar-refractivity contribution in [3.05, 3.63) is 0 Å². The van der Waals surface area contributed by atoms with Crippen LogP contribution in [0.5, 0.6) is 0 Å². The molecule has 0 aromatic heterocycles. The lowest BCUT2D eigenvalue weighted by molar-refractivity contribution is -0.121. The van der Waals surface area contributed by atoms with Gasteiger partial charge in [0.15, 0.2) is 0 Å². The maximum atomic E-state index is 11.2. The second-order valence-corrected chi connectivity index (χ2v) is 3.71. The van der Waals surface area contributed by atoms with Gasteiger partial charge in [-0.25, -0.2) is 0 Å². The molecule has 0 saturated carbocycles. The highest BCUT2D eigenvalue weighted by molar-refractivity contribution is 5.75. The van der Waals surface area contributed by atoms with E-state index in [1.807, 2.05) is 0 Å². The maximum absolute atomic E-state index is 11.2. The van der Waals surface area contributed by atoms with Gasteiger partial charge in [-0.05, 0) is 38.3 Å². The first-order chi connectivity index (χ1) is 6.70. The van der Waals surface area contributed by atoms with Crippen molar-refractivity contribution in [1.82, 2.24) is 5.32 Å². The molecule has 1 atom stereocenters. The molecule has 0 aliphatic carbocycles. The summed E-state index contributed by atoms with van der Waals surface area (Å²) in [6.07, 6.45) is 3.37. The van der Waals surface area contributed by atoms with Gasteiger partial charge in [-0.2, -0.15) is 0 Å². The second-order valence-electron chi connectivity index (χ2n) is 3.71. The normalized spacial score (nSPS) is 12.5. The zero-order valence-corrected chi connectivity index (χ0v) is 9.09. The van der Waals surface area contributed by atoms with Crippen molar-refractivity contribution in [2.45, 2.75) is 32.6 Å². The summed E-state index contributed by atoms with van der Waals surface area (Å²) in [5.41, 5.74) is 10.7. The summed E-state index contributed by atoms with van der Waals surface area (Å²) < 4.78 is 0. The molecule has 0 bridgehead atoms. The Morgan fingerprint density at radius 2 is 2.00 bits per heavy atom. The summed E-state index contributed by atoms with van der Waals surface area (Å²) in [7, 11) is 0. The highest BCUT2D eigenvalue weighted by Crippen LogP contribution is 2.08. The van der Waals surface area contributed by atoms with E-state index in [-0.39, 0.29) is 5.91 Å². The van der Waals surface area contributed by atoms with Crippen LogP contribution in [-0.4, -0.2) is 25.5 Å². The zero-order chi connectivity index (χ0) is 10.8. The minimum absolute atomic E-state index is 0.127. The zero-order valence-electron chi connectivity index (χ0n) is 9.09. The molecule has 0 spiro atoms. The van der Waals surface area contributed by atoms with Crippen molar-refractivity contribution < 1.29 is 4.79 Å². The van der Waals surface area contributed by atoms with Crippen LogP contribution >= 0.6 is 0 Å².